The molecule has 0 unspecified atom stereocenters. The molecule has 0 saturated heterocycles. The van der Waals surface area contributed by atoms with E-state index in [1.54, 1.807) is 12.1 Å². The van der Waals surface area contributed by atoms with Crippen LogP contribution in [0.1, 0.15) is 11.3 Å². The Kier molecular flexibility index (Phi) is 4.66. The first-order chi connectivity index (χ1) is 9.95. The number of rotatable bonds is 2. The summed E-state index contributed by atoms with van der Waals surface area (Å²) in [5.41, 5.74) is 0.0372. The zero-order valence-corrected chi connectivity index (χ0v) is 11.3. The van der Waals surface area contributed by atoms with E-state index in [9.17, 15) is 13.2 Å². The highest BCUT2D eigenvalue weighted by Crippen LogP contribution is 2.28. The molecule has 2 rings (SSSR count). The predicted molar refractivity (Wildman–Crippen MR) is 73.9 cm³/mol. The number of aromatic nitrogens is 2. The summed E-state index contributed by atoms with van der Waals surface area (Å²) < 4.78 is 37.4. The van der Waals surface area contributed by atoms with Crippen molar-refractivity contribution in [1.82, 2.24) is 9.97 Å². The van der Waals surface area contributed by atoms with Crippen molar-refractivity contribution in [3.05, 3.63) is 53.1 Å². The van der Waals surface area contributed by atoms with Crippen LogP contribution < -0.4 is 5.32 Å². The van der Waals surface area contributed by atoms with E-state index in [1.165, 1.54) is 12.3 Å². The number of hydrogen-bond acceptors (Lipinski definition) is 3. The highest BCUT2D eigenvalue weighted by molar-refractivity contribution is 6.29. The molecule has 2 aromatic heterocycles. The summed E-state index contributed by atoms with van der Waals surface area (Å²) in [7, 11) is 0. The number of hydrogen-bond donors (Lipinski definition) is 1. The summed E-state index contributed by atoms with van der Waals surface area (Å²) in [6, 6.07) is 5.69. The Morgan fingerprint density at radius 2 is 2.00 bits per heavy atom. The van der Waals surface area contributed by atoms with Gasteiger partial charge in [0.25, 0.3) is 0 Å². The number of pyridine rings is 2. The van der Waals surface area contributed by atoms with E-state index in [4.69, 9.17) is 11.6 Å². The molecule has 108 valence electrons. The molecule has 0 radical (unpaired) electrons. The van der Waals surface area contributed by atoms with E-state index >= 15 is 0 Å². The number of nitrogens with one attached hydrogen (secondary N) is 1. The zero-order chi connectivity index (χ0) is 15.3. The molecule has 0 bridgehead atoms. The van der Waals surface area contributed by atoms with Gasteiger partial charge in [0.2, 0.25) is 0 Å². The molecule has 1 N–H and O–H groups in total. The number of nitrogens with zero attached hydrogens (tertiary/aromatic N) is 2. The van der Waals surface area contributed by atoms with Gasteiger partial charge in [-0.2, -0.15) is 13.2 Å². The van der Waals surface area contributed by atoms with Crippen LogP contribution in [0, 0.1) is 11.8 Å². The number of halogens is 4. The van der Waals surface area contributed by atoms with Crippen molar-refractivity contribution in [1.29, 1.82) is 0 Å². The van der Waals surface area contributed by atoms with Crippen molar-refractivity contribution in [2.75, 3.05) is 11.9 Å². The first-order valence-electron chi connectivity index (χ1n) is 5.83. The second-order valence-electron chi connectivity index (χ2n) is 3.95. The molecule has 2 aromatic rings. The predicted octanol–water partition coefficient (Wildman–Crippen LogP) is 3.61. The average molecular weight is 312 g/mol. The van der Waals surface area contributed by atoms with Gasteiger partial charge in [0.15, 0.2) is 0 Å². The van der Waals surface area contributed by atoms with Gasteiger partial charge in [-0.05, 0) is 24.3 Å². The van der Waals surface area contributed by atoms with Crippen molar-refractivity contribution in [2.45, 2.75) is 6.18 Å². The summed E-state index contributed by atoms with van der Waals surface area (Å²) in [4.78, 5) is 7.14. The minimum absolute atomic E-state index is 0.198. The van der Waals surface area contributed by atoms with Crippen LogP contribution in [0.15, 0.2) is 36.7 Å². The third-order valence-electron chi connectivity index (χ3n) is 2.39. The molecule has 21 heavy (non-hydrogen) atoms. The monoisotopic (exact) mass is 311 g/mol. The lowest BCUT2D eigenvalue weighted by Crippen LogP contribution is -2.09. The lowest BCUT2D eigenvalue weighted by Gasteiger charge is -2.07. The van der Waals surface area contributed by atoms with E-state index in [0.29, 0.717) is 16.4 Å². The molecule has 0 saturated carbocycles. The molecule has 0 atom stereocenters. The zero-order valence-electron chi connectivity index (χ0n) is 10.6. The average Bonchev–Trinajstić information content (AvgIpc) is 2.45. The van der Waals surface area contributed by atoms with Crippen LogP contribution in [0.3, 0.4) is 0 Å². The molecule has 0 aliphatic heterocycles. The Balaban J connectivity index is 1.97. The van der Waals surface area contributed by atoms with Gasteiger partial charge < -0.3 is 5.32 Å². The minimum Gasteiger partial charge on any atom is -0.374 e. The third kappa shape index (κ3) is 4.65. The van der Waals surface area contributed by atoms with Gasteiger partial charge in [-0.1, -0.05) is 23.4 Å². The van der Waals surface area contributed by atoms with Crippen LogP contribution in [0.2, 0.25) is 5.15 Å². The maximum Gasteiger partial charge on any atom is 0.433 e. The number of alkyl halides is 3. The second-order valence-corrected chi connectivity index (χ2v) is 4.34. The quantitative estimate of drug-likeness (QED) is 0.680. The Bertz CT molecular complexity index is 672. The Labute approximate surface area is 124 Å². The summed E-state index contributed by atoms with van der Waals surface area (Å²) >= 11 is 5.64. The lowest BCUT2D eigenvalue weighted by atomic mass is 10.3. The highest BCUT2D eigenvalue weighted by atomic mass is 35.5. The van der Waals surface area contributed by atoms with Crippen molar-refractivity contribution in [3.63, 3.8) is 0 Å². The molecule has 7 heteroatoms. The Morgan fingerprint density at radius 1 is 1.19 bits per heavy atom. The standard InChI is InChI=1S/C14H9ClF3N3/c15-13-4-3-10(9-21-13)2-1-6-19-11-5-7-20-12(8-11)14(16,17)18/h3-5,7-9H,6H2,(H,19,20). The van der Waals surface area contributed by atoms with Crippen molar-refractivity contribution in [2.24, 2.45) is 0 Å². The largest absolute Gasteiger partial charge is 0.433 e. The first-order valence-corrected chi connectivity index (χ1v) is 6.20. The van der Waals surface area contributed by atoms with E-state index in [0.717, 1.165) is 12.3 Å². The minimum atomic E-state index is -4.46. The van der Waals surface area contributed by atoms with Gasteiger partial charge in [-0.25, -0.2) is 4.98 Å². The van der Waals surface area contributed by atoms with Crippen LogP contribution in [0.4, 0.5) is 18.9 Å². The van der Waals surface area contributed by atoms with E-state index in [1.807, 2.05) is 0 Å². The van der Waals surface area contributed by atoms with Crippen LogP contribution in [-0.2, 0) is 6.18 Å². The van der Waals surface area contributed by atoms with Gasteiger partial charge in [0.05, 0.1) is 6.54 Å². The maximum absolute atomic E-state index is 12.5. The molecule has 0 aliphatic carbocycles. The van der Waals surface area contributed by atoms with Crippen LogP contribution >= 0.6 is 11.6 Å². The fourth-order valence-corrected chi connectivity index (χ4v) is 1.55. The normalized spacial score (nSPS) is 10.7. The van der Waals surface area contributed by atoms with Crippen molar-refractivity contribution in [3.8, 4) is 11.8 Å². The fraction of sp³-hybridized carbons (Fsp3) is 0.143. The molecular weight excluding hydrogens is 303 g/mol. The summed E-state index contributed by atoms with van der Waals surface area (Å²) in [5, 5.41) is 3.15. The Hall–Kier alpha value is -2.26. The number of anilines is 1. The topological polar surface area (TPSA) is 37.8 Å². The summed E-state index contributed by atoms with van der Waals surface area (Å²) in [6.45, 7) is 0.198. The van der Waals surface area contributed by atoms with Crippen LogP contribution in [0.25, 0.3) is 0 Å². The third-order valence-corrected chi connectivity index (χ3v) is 2.61. The molecule has 0 spiro atoms. The molecule has 0 fully saturated rings. The molecule has 3 nitrogen and oxygen atoms in total. The van der Waals surface area contributed by atoms with Gasteiger partial charge in [0, 0.05) is 23.6 Å². The molecule has 2 heterocycles. The first kappa shape index (κ1) is 15.1. The highest BCUT2D eigenvalue weighted by Gasteiger charge is 2.32. The summed E-state index contributed by atoms with van der Waals surface area (Å²) in [5.74, 6) is 5.60. The smallest absolute Gasteiger partial charge is 0.374 e. The molecule has 0 aromatic carbocycles. The van der Waals surface area contributed by atoms with Crippen molar-refractivity contribution < 1.29 is 13.2 Å². The second kappa shape index (κ2) is 6.46. The van der Waals surface area contributed by atoms with Gasteiger partial charge in [-0.3, -0.25) is 4.98 Å². The van der Waals surface area contributed by atoms with Gasteiger partial charge in [0.1, 0.15) is 10.8 Å². The van der Waals surface area contributed by atoms with Gasteiger partial charge >= 0.3 is 6.18 Å². The Morgan fingerprint density at radius 3 is 2.67 bits per heavy atom. The van der Waals surface area contributed by atoms with E-state index in [2.05, 4.69) is 27.1 Å². The molecule has 0 aliphatic rings. The lowest BCUT2D eigenvalue weighted by molar-refractivity contribution is -0.141. The maximum atomic E-state index is 12.5. The van der Waals surface area contributed by atoms with Crippen LogP contribution in [0.5, 0.6) is 0 Å². The van der Waals surface area contributed by atoms with Gasteiger partial charge in [-0.15, -0.1) is 0 Å². The SMILES string of the molecule is FC(F)(F)c1cc(NCC#Cc2ccc(Cl)nc2)ccn1. The molecular formula is C14H9ClF3N3. The molecule has 0 amide bonds. The van der Waals surface area contributed by atoms with E-state index in [-0.39, 0.29) is 6.54 Å². The van der Waals surface area contributed by atoms with E-state index < -0.39 is 11.9 Å². The van der Waals surface area contributed by atoms with Crippen molar-refractivity contribution >= 4 is 17.3 Å². The fourth-order valence-electron chi connectivity index (χ4n) is 1.44. The summed E-state index contributed by atoms with van der Waals surface area (Å²) in [6.07, 6.45) is -1.84. The van der Waals surface area contributed by atoms with Crippen LogP contribution in [-0.4, -0.2) is 16.5 Å².